The monoisotopic (exact) mass is 297 g/mol. The summed E-state index contributed by atoms with van der Waals surface area (Å²) in [4.78, 5) is 17.6. The fraction of sp³-hybridized carbons (Fsp3) is 0.938. The van der Waals surface area contributed by atoms with E-state index < -0.39 is 5.54 Å². The molecule has 1 N–H and O–H groups in total. The highest BCUT2D eigenvalue weighted by Crippen LogP contribution is 2.31. The molecule has 21 heavy (non-hydrogen) atoms. The van der Waals surface area contributed by atoms with Crippen LogP contribution in [0.3, 0.4) is 0 Å². The van der Waals surface area contributed by atoms with E-state index in [2.05, 4.69) is 29.0 Å². The van der Waals surface area contributed by atoms with Crippen molar-refractivity contribution >= 4 is 5.97 Å². The summed E-state index contributed by atoms with van der Waals surface area (Å²) in [5, 5.41) is 3.38. The fourth-order valence-electron chi connectivity index (χ4n) is 3.66. The molecule has 0 aromatic heterocycles. The predicted octanol–water partition coefficient (Wildman–Crippen LogP) is 1.09. The van der Waals surface area contributed by atoms with Gasteiger partial charge in [0.2, 0.25) is 0 Å². The van der Waals surface area contributed by atoms with E-state index in [4.69, 9.17) is 4.74 Å². The summed E-state index contributed by atoms with van der Waals surface area (Å²) >= 11 is 0. The van der Waals surface area contributed by atoms with Crippen LogP contribution in [-0.2, 0) is 9.53 Å². The Morgan fingerprint density at radius 2 is 1.90 bits per heavy atom. The van der Waals surface area contributed by atoms with Crippen molar-refractivity contribution in [1.82, 2.24) is 15.1 Å². The third-order valence-corrected chi connectivity index (χ3v) is 4.96. The minimum Gasteiger partial charge on any atom is -0.465 e. The first-order chi connectivity index (χ1) is 10.1. The molecule has 0 saturated carbocycles. The van der Waals surface area contributed by atoms with Gasteiger partial charge in [-0.25, -0.2) is 0 Å². The smallest absolute Gasteiger partial charge is 0.326 e. The lowest BCUT2D eigenvalue weighted by Gasteiger charge is -2.43. The number of carbonyl (C=O) groups is 1. The van der Waals surface area contributed by atoms with Gasteiger partial charge in [0.15, 0.2) is 0 Å². The quantitative estimate of drug-likeness (QED) is 0.787. The molecule has 0 bridgehead atoms. The molecule has 2 fully saturated rings. The number of piperazine rings is 1. The first kappa shape index (κ1) is 16.7. The molecular weight excluding hydrogens is 266 g/mol. The Balaban J connectivity index is 2.17. The largest absolute Gasteiger partial charge is 0.465 e. The molecule has 0 aromatic carbocycles. The first-order valence-corrected chi connectivity index (χ1v) is 8.47. The lowest BCUT2D eigenvalue weighted by atomic mass is 9.87. The number of ether oxygens (including phenoxy) is 1. The number of esters is 1. The second-order valence-electron chi connectivity index (χ2n) is 6.47. The minimum absolute atomic E-state index is 0.00231. The van der Waals surface area contributed by atoms with E-state index in [1.165, 1.54) is 0 Å². The van der Waals surface area contributed by atoms with E-state index in [1.54, 1.807) is 0 Å². The maximum atomic E-state index is 12.7. The van der Waals surface area contributed by atoms with E-state index in [0.29, 0.717) is 12.6 Å². The summed E-state index contributed by atoms with van der Waals surface area (Å²) in [6, 6.07) is 0.547. The third kappa shape index (κ3) is 3.76. The molecule has 0 amide bonds. The summed E-state index contributed by atoms with van der Waals surface area (Å²) < 4.78 is 5.47. The van der Waals surface area contributed by atoms with Gasteiger partial charge in [-0.15, -0.1) is 0 Å². The maximum absolute atomic E-state index is 12.7. The molecule has 2 heterocycles. The first-order valence-electron chi connectivity index (χ1n) is 8.47. The van der Waals surface area contributed by atoms with Gasteiger partial charge in [-0.1, -0.05) is 0 Å². The van der Waals surface area contributed by atoms with Crippen LogP contribution in [0.1, 0.15) is 40.0 Å². The molecule has 2 aliphatic rings. The molecule has 5 heteroatoms. The number of nitrogens with one attached hydrogen (secondary N) is 1. The molecule has 2 aliphatic heterocycles. The summed E-state index contributed by atoms with van der Waals surface area (Å²) in [6.45, 7) is 12.8. The molecule has 2 rings (SSSR count). The number of rotatable bonds is 4. The van der Waals surface area contributed by atoms with Crippen molar-refractivity contribution in [2.75, 3.05) is 45.9 Å². The third-order valence-electron chi connectivity index (χ3n) is 4.96. The number of hydrogen-bond donors (Lipinski definition) is 1. The van der Waals surface area contributed by atoms with E-state index >= 15 is 0 Å². The topological polar surface area (TPSA) is 44.8 Å². The highest BCUT2D eigenvalue weighted by atomic mass is 16.5. The predicted molar refractivity (Wildman–Crippen MR) is 84.4 cm³/mol. The van der Waals surface area contributed by atoms with Crippen LogP contribution in [0.15, 0.2) is 0 Å². The Hall–Kier alpha value is -0.650. The van der Waals surface area contributed by atoms with Crippen LogP contribution in [-0.4, -0.2) is 73.2 Å². The van der Waals surface area contributed by atoms with Gasteiger partial charge in [-0.05, 0) is 46.6 Å². The molecule has 1 unspecified atom stereocenters. The molecule has 0 aromatic rings. The van der Waals surface area contributed by atoms with Crippen molar-refractivity contribution in [2.24, 2.45) is 0 Å². The number of hydrogen-bond acceptors (Lipinski definition) is 5. The summed E-state index contributed by atoms with van der Waals surface area (Å²) in [5.74, 6) is -0.00231. The molecule has 122 valence electrons. The normalized spacial score (nSPS) is 29.3. The van der Waals surface area contributed by atoms with Crippen molar-refractivity contribution in [3.8, 4) is 0 Å². The van der Waals surface area contributed by atoms with Gasteiger partial charge < -0.3 is 15.0 Å². The van der Waals surface area contributed by atoms with Crippen LogP contribution in [0.5, 0.6) is 0 Å². The lowest BCUT2D eigenvalue weighted by molar-refractivity contribution is -0.160. The molecule has 0 spiro atoms. The van der Waals surface area contributed by atoms with Gasteiger partial charge >= 0.3 is 5.97 Å². The zero-order chi connectivity index (χ0) is 15.3. The van der Waals surface area contributed by atoms with Crippen molar-refractivity contribution in [3.63, 3.8) is 0 Å². The van der Waals surface area contributed by atoms with Crippen LogP contribution in [0.4, 0.5) is 0 Å². The second kappa shape index (κ2) is 7.56. The van der Waals surface area contributed by atoms with Crippen LogP contribution in [0.25, 0.3) is 0 Å². The van der Waals surface area contributed by atoms with Gasteiger partial charge in [-0.3, -0.25) is 9.69 Å². The van der Waals surface area contributed by atoms with Crippen molar-refractivity contribution in [2.45, 2.75) is 51.6 Å². The molecular formula is C16H31N3O2. The highest BCUT2D eigenvalue weighted by molar-refractivity contribution is 5.81. The average molecular weight is 297 g/mol. The molecule has 5 nitrogen and oxygen atoms in total. The van der Waals surface area contributed by atoms with E-state index in [1.807, 2.05) is 6.92 Å². The Morgan fingerprint density at radius 1 is 1.19 bits per heavy atom. The molecule has 0 aliphatic carbocycles. The number of carbonyl (C=O) groups excluding carboxylic acids is 1. The number of nitrogens with zero attached hydrogens (tertiary/aromatic N) is 2. The van der Waals surface area contributed by atoms with Gasteiger partial charge in [0.1, 0.15) is 5.54 Å². The zero-order valence-electron chi connectivity index (χ0n) is 13.9. The van der Waals surface area contributed by atoms with E-state index in [-0.39, 0.29) is 5.97 Å². The summed E-state index contributed by atoms with van der Waals surface area (Å²) in [5.41, 5.74) is -0.401. The zero-order valence-corrected chi connectivity index (χ0v) is 13.9. The summed E-state index contributed by atoms with van der Waals surface area (Å²) in [7, 11) is 0. The van der Waals surface area contributed by atoms with Crippen LogP contribution >= 0.6 is 0 Å². The minimum atomic E-state index is -0.401. The SMILES string of the molecule is CCOC(=O)C1(N2CCNCC2)CCCN(C(C)C)CC1. The standard InChI is InChI=1S/C16H31N3O2/c1-4-21-15(20)16(19-12-8-17-9-13-19)6-5-10-18(11-7-16)14(2)3/h14,17H,4-13H2,1-3H3. The van der Waals surface area contributed by atoms with Crippen LogP contribution in [0, 0.1) is 0 Å². The van der Waals surface area contributed by atoms with Gasteiger partial charge in [0.05, 0.1) is 6.61 Å². The lowest BCUT2D eigenvalue weighted by Crippen LogP contribution is -2.61. The van der Waals surface area contributed by atoms with Gasteiger partial charge in [0.25, 0.3) is 0 Å². The Kier molecular flexibility index (Phi) is 6.02. The second-order valence-corrected chi connectivity index (χ2v) is 6.47. The molecule has 0 radical (unpaired) electrons. The Bertz CT molecular complexity index is 342. The van der Waals surface area contributed by atoms with Crippen molar-refractivity contribution in [3.05, 3.63) is 0 Å². The fourth-order valence-corrected chi connectivity index (χ4v) is 3.66. The van der Waals surface area contributed by atoms with Crippen molar-refractivity contribution < 1.29 is 9.53 Å². The van der Waals surface area contributed by atoms with Gasteiger partial charge in [-0.2, -0.15) is 0 Å². The van der Waals surface area contributed by atoms with E-state index in [9.17, 15) is 4.79 Å². The summed E-state index contributed by atoms with van der Waals surface area (Å²) in [6.07, 6.45) is 2.89. The van der Waals surface area contributed by atoms with Crippen LogP contribution < -0.4 is 5.32 Å². The van der Waals surface area contributed by atoms with E-state index in [0.717, 1.165) is 58.5 Å². The van der Waals surface area contributed by atoms with Gasteiger partial charge in [0, 0.05) is 38.8 Å². The Morgan fingerprint density at radius 3 is 2.52 bits per heavy atom. The Labute approximate surface area is 129 Å². The maximum Gasteiger partial charge on any atom is 0.326 e. The molecule has 2 saturated heterocycles. The molecule has 1 atom stereocenters. The number of likely N-dealkylation sites (tertiary alicyclic amines) is 1. The highest BCUT2D eigenvalue weighted by Gasteiger charge is 2.46. The van der Waals surface area contributed by atoms with Crippen molar-refractivity contribution in [1.29, 1.82) is 0 Å². The average Bonchev–Trinajstić information content (AvgIpc) is 2.72. The van der Waals surface area contributed by atoms with Crippen LogP contribution in [0.2, 0.25) is 0 Å².